The summed E-state index contributed by atoms with van der Waals surface area (Å²) in [5.41, 5.74) is 2.91. The van der Waals surface area contributed by atoms with E-state index in [-0.39, 0.29) is 11.5 Å². The van der Waals surface area contributed by atoms with Crippen LogP contribution in [0.15, 0.2) is 45.6 Å². The number of carbonyl (C=O) groups excluding carboxylic acids is 1. The number of aromatic nitrogens is 3. The average Bonchev–Trinajstić information content (AvgIpc) is 3.30. The fraction of sp³-hybridized carbons (Fsp3) is 0.348. The van der Waals surface area contributed by atoms with E-state index in [0.717, 1.165) is 28.4 Å². The number of rotatable bonds is 8. The van der Waals surface area contributed by atoms with Gasteiger partial charge in [-0.3, -0.25) is 14.0 Å². The van der Waals surface area contributed by atoms with E-state index < -0.39 is 0 Å². The van der Waals surface area contributed by atoms with Crippen molar-refractivity contribution in [2.24, 2.45) is 0 Å². The van der Waals surface area contributed by atoms with Crippen molar-refractivity contribution >= 4 is 22.5 Å². The highest BCUT2D eigenvalue weighted by molar-refractivity contribution is 5.83. The summed E-state index contributed by atoms with van der Waals surface area (Å²) < 4.78 is 14.1. The van der Waals surface area contributed by atoms with Crippen molar-refractivity contribution in [3.05, 3.63) is 63.9 Å². The van der Waals surface area contributed by atoms with Crippen LogP contribution in [0.4, 0.5) is 0 Å². The van der Waals surface area contributed by atoms with Gasteiger partial charge in [0.15, 0.2) is 5.58 Å². The Hall–Kier alpha value is -3.55. The Bertz CT molecular complexity index is 1280. The third-order valence-corrected chi connectivity index (χ3v) is 5.30. The number of carbonyl (C=O) groups is 1. The van der Waals surface area contributed by atoms with Crippen molar-refractivity contribution in [1.82, 2.24) is 19.5 Å². The molecule has 1 N–H and O–H groups in total. The van der Waals surface area contributed by atoms with Crippen LogP contribution < -0.4 is 15.6 Å². The van der Waals surface area contributed by atoms with Gasteiger partial charge in [-0.05, 0) is 31.0 Å². The van der Waals surface area contributed by atoms with Gasteiger partial charge in [-0.2, -0.15) is 5.10 Å². The molecule has 162 valence electrons. The maximum atomic E-state index is 12.9. The van der Waals surface area contributed by atoms with Crippen LogP contribution in [0.2, 0.25) is 0 Å². The van der Waals surface area contributed by atoms with Crippen LogP contribution in [-0.4, -0.2) is 27.2 Å². The summed E-state index contributed by atoms with van der Waals surface area (Å²) in [5, 5.41) is 7.44. The molecule has 0 saturated carbocycles. The molecule has 0 saturated heterocycles. The number of nitrogens with zero attached hydrogens (tertiary/aromatic N) is 3. The molecule has 8 nitrogen and oxygen atoms in total. The number of amides is 1. The Labute approximate surface area is 179 Å². The van der Waals surface area contributed by atoms with Crippen molar-refractivity contribution in [3.63, 3.8) is 0 Å². The van der Waals surface area contributed by atoms with Gasteiger partial charge in [0, 0.05) is 38.1 Å². The lowest BCUT2D eigenvalue weighted by atomic mass is 10.2. The first-order valence-electron chi connectivity index (χ1n) is 10.4. The van der Waals surface area contributed by atoms with E-state index in [2.05, 4.69) is 10.4 Å². The van der Waals surface area contributed by atoms with Gasteiger partial charge in [0.2, 0.25) is 5.91 Å². The first-order valence-corrected chi connectivity index (χ1v) is 10.4. The molecule has 8 heteroatoms. The summed E-state index contributed by atoms with van der Waals surface area (Å²) in [5.74, 6) is 2.30. The van der Waals surface area contributed by atoms with Crippen LogP contribution in [0.25, 0.3) is 16.6 Å². The molecule has 0 spiro atoms. The predicted octanol–water partition coefficient (Wildman–Crippen LogP) is 3.22. The predicted molar refractivity (Wildman–Crippen MR) is 117 cm³/mol. The van der Waals surface area contributed by atoms with Gasteiger partial charge >= 0.3 is 0 Å². The number of benzene rings is 1. The van der Waals surface area contributed by atoms with Gasteiger partial charge in [0.1, 0.15) is 22.9 Å². The summed E-state index contributed by atoms with van der Waals surface area (Å²) in [6, 6.07) is 11.2. The largest absolute Gasteiger partial charge is 0.497 e. The fourth-order valence-electron chi connectivity index (χ4n) is 3.71. The number of furan rings is 1. The standard InChI is InChI=1S/C23H26N4O4/c1-4-21-25-26(23(29)19-13-20-18(27(19)21)12-15(2)31-20)11-5-6-22(28)24-14-16-7-9-17(30-3)10-8-16/h7-10,12-13H,4-6,11,14H2,1-3H3,(H,24,28). The Balaban J connectivity index is 1.41. The molecule has 0 radical (unpaired) electrons. The fourth-order valence-corrected chi connectivity index (χ4v) is 3.71. The van der Waals surface area contributed by atoms with Gasteiger partial charge in [0.25, 0.3) is 5.56 Å². The Morgan fingerprint density at radius 2 is 1.97 bits per heavy atom. The lowest BCUT2D eigenvalue weighted by Crippen LogP contribution is -2.28. The van der Waals surface area contributed by atoms with Crippen molar-refractivity contribution in [1.29, 1.82) is 0 Å². The van der Waals surface area contributed by atoms with Crippen molar-refractivity contribution in [2.75, 3.05) is 7.11 Å². The van der Waals surface area contributed by atoms with Crippen LogP contribution in [0.1, 0.15) is 36.9 Å². The van der Waals surface area contributed by atoms with Crippen molar-refractivity contribution in [3.8, 4) is 5.75 Å². The number of hydrogen-bond acceptors (Lipinski definition) is 5. The van der Waals surface area contributed by atoms with Gasteiger partial charge in [-0.25, -0.2) is 4.68 Å². The van der Waals surface area contributed by atoms with E-state index in [1.54, 1.807) is 13.2 Å². The number of nitrogens with one attached hydrogen (secondary N) is 1. The Morgan fingerprint density at radius 1 is 1.19 bits per heavy atom. The van der Waals surface area contributed by atoms with Crippen LogP contribution in [-0.2, 0) is 24.3 Å². The van der Waals surface area contributed by atoms with E-state index in [9.17, 15) is 9.59 Å². The second-order valence-corrected chi connectivity index (χ2v) is 7.50. The zero-order valence-corrected chi connectivity index (χ0v) is 18.0. The van der Waals surface area contributed by atoms with E-state index in [0.29, 0.717) is 43.5 Å². The summed E-state index contributed by atoms with van der Waals surface area (Å²) in [7, 11) is 1.62. The molecule has 1 amide bonds. The van der Waals surface area contributed by atoms with E-state index in [4.69, 9.17) is 9.15 Å². The zero-order chi connectivity index (χ0) is 22.0. The quantitative estimate of drug-likeness (QED) is 0.471. The molecule has 0 atom stereocenters. The average molecular weight is 422 g/mol. The SMILES string of the molecule is CCc1nn(CCCC(=O)NCc2ccc(OC)cc2)c(=O)c2cc3oc(C)cc3n12. The molecule has 0 unspecified atom stereocenters. The molecule has 3 aromatic heterocycles. The molecule has 0 fully saturated rings. The third-order valence-electron chi connectivity index (χ3n) is 5.30. The summed E-state index contributed by atoms with van der Waals surface area (Å²) in [6.45, 7) is 4.72. The zero-order valence-electron chi connectivity index (χ0n) is 18.0. The molecule has 0 aliphatic rings. The van der Waals surface area contributed by atoms with Crippen molar-refractivity contribution in [2.45, 2.75) is 46.2 Å². The van der Waals surface area contributed by atoms with Crippen LogP contribution in [0, 0.1) is 6.92 Å². The first kappa shape index (κ1) is 20.7. The van der Waals surface area contributed by atoms with Gasteiger partial charge in [-0.15, -0.1) is 0 Å². The van der Waals surface area contributed by atoms with Gasteiger partial charge in [0.05, 0.1) is 12.6 Å². The first-order chi connectivity index (χ1) is 15.0. The minimum Gasteiger partial charge on any atom is -0.497 e. The smallest absolute Gasteiger partial charge is 0.291 e. The highest BCUT2D eigenvalue weighted by atomic mass is 16.5. The lowest BCUT2D eigenvalue weighted by Gasteiger charge is -2.10. The number of aryl methyl sites for hydroxylation is 3. The number of fused-ring (bicyclic) bond motifs is 3. The monoisotopic (exact) mass is 422 g/mol. The Morgan fingerprint density at radius 3 is 2.68 bits per heavy atom. The normalized spacial score (nSPS) is 11.3. The van der Waals surface area contributed by atoms with E-state index in [1.807, 2.05) is 48.6 Å². The molecule has 1 aromatic carbocycles. The molecule has 31 heavy (non-hydrogen) atoms. The molecule has 0 aliphatic carbocycles. The number of ether oxygens (including phenoxy) is 1. The van der Waals surface area contributed by atoms with Crippen LogP contribution in [0.5, 0.6) is 5.75 Å². The number of methoxy groups -OCH3 is 1. The molecule has 0 bridgehead atoms. The third kappa shape index (κ3) is 4.19. The molecule has 3 heterocycles. The van der Waals surface area contributed by atoms with Crippen LogP contribution >= 0.6 is 0 Å². The lowest BCUT2D eigenvalue weighted by molar-refractivity contribution is -0.121. The molecule has 0 aliphatic heterocycles. The summed E-state index contributed by atoms with van der Waals surface area (Å²) in [4.78, 5) is 25.1. The minimum absolute atomic E-state index is 0.0589. The van der Waals surface area contributed by atoms with E-state index in [1.165, 1.54) is 4.68 Å². The van der Waals surface area contributed by atoms with Crippen LogP contribution in [0.3, 0.4) is 0 Å². The molecule has 4 rings (SSSR count). The maximum Gasteiger partial charge on any atom is 0.291 e. The maximum absolute atomic E-state index is 12.9. The van der Waals surface area contributed by atoms with E-state index >= 15 is 0 Å². The van der Waals surface area contributed by atoms with Crippen molar-refractivity contribution < 1.29 is 13.9 Å². The summed E-state index contributed by atoms with van der Waals surface area (Å²) >= 11 is 0. The van der Waals surface area contributed by atoms with Gasteiger partial charge < -0.3 is 14.5 Å². The highest BCUT2D eigenvalue weighted by Gasteiger charge is 2.16. The second-order valence-electron chi connectivity index (χ2n) is 7.50. The Kier molecular flexibility index (Phi) is 5.79. The molecular formula is C23H26N4O4. The highest BCUT2D eigenvalue weighted by Crippen LogP contribution is 2.23. The minimum atomic E-state index is -0.181. The topological polar surface area (TPSA) is 90.8 Å². The van der Waals surface area contributed by atoms with Gasteiger partial charge in [-0.1, -0.05) is 19.1 Å². The second kappa shape index (κ2) is 8.67. The number of hydrogen-bond donors (Lipinski definition) is 1. The molecule has 4 aromatic rings. The molecular weight excluding hydrogens is 396 g/mol. The summed E-state index contributed by atoms with van der Waals surface area (Å²) in [6.07, 6.45) is 1.52.